The van der Waals surface area contributed by atoms with Crippen LogP contribution in [0.3, 0.4) is 0 Å². The van der Waals surface area contributed by atoms with Crippen molar-refractivity contribution in [1.29, 1.82) is 0 Å². The highest BCUT2D eigenvalue weighted by molar-refractivity contribution is 5.49. The Kier molecular flexibility index (Phi) is 2.21. The van der Waals surface area contributed by atoms with Gasteiger partial charge in [-0.05, 0) is 32.6 Å². The van der Waals surface area contributed by atoms with Crippen LogP contribution in [-0.2, 0) is 4.79 Å². The van der Waals surface area contributed by atoms with Crippen LogP contribution >= 0.6 is 0 Å². The lowest BCUT2D eigenvalue weighted by atomic mass is 9.81. The normalized spacial score (nSPS) is 30.1. The van der Waals surface area contributed by atoms with Gasteiger partial charge >= 0.3 is 0 Å². The molecule has 1 heterocycles. The fourth-order valence-corrected chi connectivity index (χ4v) is 1.68. The molecule has 0 spiro atoms. The molecule has 1 rings (SSSR count). The van der Waals surface area contributed by atoms with Crippen molar-refractivity contribution in [3.05, 3.63) is 0 Å². The molecule has 0 aromatic carbocycles. The molecule has 1 atom stereocenters. The lowest BCUT2D eigenvalue weighted by Gasteiger charge is -2.44. The molecule has 2 heteroatoms. The van der Waals surface area contributed by atoms with E-state index >= 15 is 0 Å². The molecule has 0 saturated carbocycles. The fraction of sp³-hybridized carbons (Fsp3) is 0.889. The van der Waals surface area contributed by atoms with Gasteiger partial charge in [-0.2, -0.15) is 0 Å². The number of nitrogens with zero attached hydrogens (tertiary/aromatic N) is 1. The first-order chi connectivity index (χ1) is 5.09. The Labute approximate surface area is 68.6 Å². The number of hydrogen-bond acceptors (Lipinski definition) is 1. The first kappa shape index (κ1) is 8.57. The summed E-state index contributed by atoms with van der Waals surface area (Å²) in [5, 5.41) is 0. The first-order valence-corrected chi connectivity index (χ1v) is 4.31. The smallest absolute Gasteiger partial charge is 0.210 e. The van der Waals surface area contributed by atoms with Gasteiger partial charge in [0.05, 0.1) is 0 Å². The average Bonchev–Trinajstić information content (AvgIpc) is 1.95. The van der Waals surface area contributed by atoms with E-state index in [9.17, 15) is 4.79 Å². The minimum atomic E-state index is 0.0694. The zero-order valence-electron chi connectivity index (χ0n) is 7.63. The average molecular weight is 155 g/mol. The molecule has 1 aliphatic heterocycles. The van der Waals surface area contributed by atoms with Crippen LogP contribution in [0.1, 0.15) is 33.6 Å². The van der Waals surface area contributed by atoms with Crippen LogP contribution in [0, 0.1) is 5.92 Å². The monoisotopic (exact) mass is 155 g/mol. The Morgan fingerprint density at radius 1 is 1.55 bits per heavy atom. The maximum atomic E-state index is 10.6. The van der Waals surface area contributed by atoms with Gasteiger partial charge in [0.1, 0.15) is 0 Å². The second-order valence-electron chi connectivity index (χ2n) is 4.00. The Morgan fingerprint density at radius 3 is 2.64 bits per heavy atom. The van der Waals surface area contributed by atoms with E-state index in [1.165, 1.54) is 6.42 Å². The van der Waals surface area contributed by atoms with Gasteiger partial charge in [0.2, 0.25) is 6.41 Å². The van der Waals surface area contributed by atoms with Crippen molar-refractivity contribution in [2.75, 3.05) is 6.54 Å². The van der Waals surface area contributed by atoms with Gasteiger partial charge in [-0.15, -0.1) is 0 Å². The summed E-state index contributed by atoms with van der Waals surface area (Å²) in [5.41, 5.74) is 0.0694. The molecule has 1 saturated heterocycles. The maximum Gasteiger partial charge on any atom is 0.210 e. The molecule has 0 aliphatic carbocycles. The third kappa shape index (κ3) is 1.39. The molecule has 1 aliphatic rings. The summed E-state index contributed by atoms with van der Waals surface area (Å²) in [4.78, 5) is 12.6. The van der Waals surface area contributed by atoms with E-state index < -0.39 is 0 Å². The van der Waals surface area contributed by atoms with Crippen LogP contribution in [0.25, 0.3) is 0 Å². The van der Waals surface area contributed by atoms with E-state index in [1.54, 1.807) is 0 Å². The molecule has 2 nitrogen and oxygen atoms in total. The topological polar surface area (TPSA) is 20.3 Å². The highest BCUT2D eigenvalue weighted by Crippen LogP contribution is 2.31. The van der Waals surface area contributed by atoms with Gasteiger partial charge in [0, 0.05) is 12.1 Å². The molecule has 11 heavy (non-hydrogen) atoms. The van der Waals surface area contributed by atoms with Crippen LogP contribution in [0.5, 0.6) is 0 Å². The number of carbonyl (C=O) groups is 1. The third-order valence-electron chi connectivity index (χ3n) is 3.11. The molecular weight excluding hydrogens is 138 g/mol. The quantitative estimate of drug-likeness (QED) is 0.527. The Morgan fingerprint density at radius 2 is 2.18 bits per heavy atom. The second-order valence-corrected chi connectivity index (χ2v) is 4.00. The summed E-state index contributed by atoms with van der Waals surface area (Å²) in [6, 6.07) is 0. The lowest BCUT2D eigenvalue weighted by molar-refractivity contribution is -0.126. The second kappa shape index (κ2) is 2.84. The van der Waals surface area contributed by atoms with E-state index in [0.717, 1.165) is 19.4 Å². The minimum absolute atomic E-state index is 0.0694. The molecular formula is C9H17NO. The number of likely N-dealkylation sites (tertiary alicyclic amines) is 1. The third-order valence-corrected chi connectivity index (χ3v) is 3.11. The predicted molar refractivity (Wildman–Crippen MR) is 45.2 cm³/mol. The van der Waals surface area contributed by atoms with Gasteiger partial charge in [-0.25, -0.2) is 0 Å². The predicted octanol–water partition coefficient (Wildman–Crippen LogP) is 1.65. The molecule has 1 fully saturated rings. The van der Waals surface area contributed by atoms with Crippen LogP contribution in [-0.4, -0.2) is 23.4 Å². The number of rotatable bonds is 1. The van der Waals surface area contributed by atoms with Crippen LogP contribution in [0.4, 0.5) is 0 Å². The molecule has 0 bridgehead atoms. The standard InChI is InChI=1S/C9H17NO/c1-8-5-4-6-10(7-11)9(8,2)3/h7-8H,4-6H2,1-3H3. The van der Waals surface area contributed by atoms with Crippen LogP contribution in [0.2, 0.25) is 0 Å². The van der Waals surface area contributed by atoms with Gasteiger partial charge in [-0.1, -0.05) is 6.92 Å². The van der Waals surface area contributed by atoms with E-state index in [1.807, 2.05) is 4.90 Å². The van der Waals surface area contributed by atoms with Gasteiger partial charge in [0.15, 0.2) is 0 Å². The Balaban J connectivity index is 2.72. The van der Waals surface area contributed by atoms with Crippen molar-refractivity contribution in [3.63, 3.8) is 0 Å². The Bertz CT molecular complexity index is 154. The molecule has 1 amide bonds. The summed E-state index contributed by atoms with van der Waals surface area (Å²) in [5.74, 6) is 0.626. The van der Waals surface area contributed by atoms with Gasteiger partial charge in [0.25, 0.3) is 0 Å². The van der Waals surface area contributed by atoms with E-state index in [-0.39, 0.29) is 5.54 Å². The number of carbonyl (C=O) groups excluding carboxylic acids is 1. The number of hydrogen-bond donors (Lipinski definition) is 0. The first-order valence-electron chi connectivity index (χ1n) is 4.31. The molecule has 64 valence electrons. The zero-order valence-corrected chi connectivity index (χ0v) is 7.63. The molecule has 0 aromatic rings. The minimum Gasteiger partial charge on any atom is -0.340 e. The summed E-state index contributed by atoms with van der Waals surface area (Å²) in [7, 11) is 0. The summed E-state index contributed by atoms with van der Waals surface area (Å²) >= 11 is 0. The Hall–Kier alpha value is -0.530. The molecule has 0 N–H and O–H groups in total. The van der Waals surface area contributed by atoms with E-state index in [0.29, 0.717) is 5.92 Å². The maximum absolute atomic E-state index is 10.6. The summed E-state index contributed by atoms with van der Waals surface area (Å²) in [6.45, 7) is 7.44. The molecule has 0 aromatic heterocycles. The summed E-state index contributed by atoms with van der Waals surface area (Å²) in [6.07, 6.45) is 3.39. The number of amides is 1. The van der Waals surface area contributed by atoms with Crippen molar-refractivity contribution in [2.45, 2.75) is 39.2 Å². The fourth-order valence-electron chi connectivity index (χ4n) is 1.68. The highest BCUT2D eigenvalue weighted by atomic mass is 16.1. The van der Waals surface area contributed by atoms with Crippen molar-refractivity contribution in [2.24, 2.45) is 5.92 Å². The van der Waals surface area contributed by atoms with Crippen molar-refractivity contribution < 1.29 is 4.79 Å². The SMILES string of the molecule is CC1CCCN(C=O)C1(C)C. The highest BCUT2D eigenvalue weighted by Gasteiger charge is 2.34. The zero-order chi connectivity index (χ0) is 8.48. The summed E-state index contributed by atoms with van der Waals surface area (Å²) < 4.78 is 0. The largest absolute Gasteiger partial charge is 0.340 e. The molecule has 1 unspecified atom stereocenters. The van der Waals surface area contributed by atoms with Crippen molar-refractivity contribution >= 4 is 6.41 Å². The van der Waals surface area contributed by atoms with Gasteiger partial charge < -0.3 is 4.90 Å². The number of piperidine rings is 1. The van der Waals surface area contributed by atoms with Crippen molar-refractivity contribution in [3.8, 4) is 0 Å². The van der Waals surface area contributed by atoms with Crippen LogP contribution < -0.4 is 0 Å². The van der Waals surface area contributed by atoms with Crippen molar-refractivity contribution in [1.82, 2.24) is 4.90 Å². The van der Waals surface area contributed by atoms with Gasteiger partial charge in [-0.3, -0.25) is 4.79 Å². The lowest BCUT2D eigenvalue weighted by Crippen LogP contribution is -2.51. The van der Waals surface area contributed by atoms with E-state index in [2.05, 4.69) is 20.8 Å². The molecule has 0 radical (unpaired) electrons. The van der Waals surface area contributed by atoms with E-state index in [4.69, 9.17) is 0 Å². The van der Waals surface area contributed by atoms with Crippen LogP contribution in [0.15, 0.2) is 0 Å².